The number of amides is 1. The average molecular weight is 334 g/mol. The molecule has 25 heavy (non-hydrogen) atoms. The van der Waals surface area contributed by atoms with Gasteiger partial charge < -0.3 is 9.84 Å². The first-order valence-electron chi connectivity index (χ1n) is 8.33. The van der Waals surface area contributed by atoms with Crippen molar-refractivity contribution >= 4 is 11.7 Å². The van der Waals surface area contributed by atoms with Gasteiger partial charge >= 0.3 is 0 Å². The molecule has 0 atom stereocenters. The van der Waals surface area contributed by atoms with E-state index in [1.165, 1.54) is 0 Å². The third-order valence-corrected chi connectivity index (χ3v) is 4.03. The van der Waals surface area contributed by atoms with E-state index in [2.05, 4.69) is 10.5 Å². The summed E-state index contributed by atoms with van der Waals surface area (Å²) < 4.78 is 5.36. The fourth-order valence-electron chi connectivity index (χ4n) is 2.67. The van der Waals surface area contributed by atoms with Crippen LogP contribution in [-0.4, -0.2) is 11.1 Å². The molecule has 3 rings (SSSR count). The first-order valence-corrected chi connectivity index (χ1v) is 8.33. The highest BCUT2D eigenvalue weighted by molar-refractivity contribution is 5.97. The summed E-state index contributed by atoms with van der Waals surface area (Å²) in [5.74, 6) is 0.633. The molecule has 0 bridgehead atoms. The van der Waals surface area contributed by atoms with E-state index >= 15 is 0 Å². The molecule has 0 saturated carbocycles. The monoisotopic (exact) mass is 334 g/mol. The lowest BCUT2D eigenvalue weighted by Crippen LogP contribution is -2.22. The Kier molecular flexibility index (Phi) is 4.70. The summed E-state index contributed by atoms with van der Waals surface area (Å²) >= 11 is 0. The summed E-state index contributed by atoms with van der Waals surface area (Å²) in [4.78, 5) is 13.0. The fraction of sp³-hybridized carbons (Fsp3) is 0.238. The van der Waals surface area contributed by atoms with E-state index in [4.69, 9.17) is 4.52 Å². The number of hydrogen-bond acceptors (Lipinski definition) is 3. The minimum atomic E-state index is -0.405. The van der Waals surface area contributed by atoms with Crippen molar-refractivity contribution in [1.82, 2.24) is 5.16 Å². The van der Waals surface area contributed by atoms with E-state index in [0.717, 1.165) is 16.9 Å². The summed E-state index contributed by atoms with van der Waals surface area (Å²) in [7, 11) is 0. The van der Waals surface area contributed by atoms with Crippen molar-refractivity contribution in [2.45, 2.75) is 32.1 Å². The molecule has 0 unspecified atom stereocenters. The Morgan fingerprint density at radius 3 is 1.92 bits per heavy atom. The molecular weight excluding hydrogens is 312 g/mol. The Labute approximate surface area is 147 Å². The highest BCUT2D eigenvalue weighted by Gasteiger charge is 2.25. The van der Waals surface area contributed by atoms with Gasteiger partial charge in [-0.1, -0.05) is 86.6 Å². The van der Waals surface area contributed by atoms with Crippen LogP contribution in [0, 0.1) is 0 Å². The van der Waals surface area contributed by atoms with Crippen molar-refractivity contribution in [3.8, 4) is 0 Å². The van der Waals surface area contributed by atoms with Gasteiger partial charge in [0.15, 0.2) is 5.82 Å². The number of carbonyl (C=O) groups is 1. The fourth-order valence-corrected chi connectivity index (χ4v) is 2.67. The van der Waals surface area contributed by atoms with E-state index in [1.54, 1.807) is 6.07 Å². The molecule has 4 nitrogen and oxygen atoms in total. The summed E-state index contributed by atoms with van der Waals surface area (Å²) in [5, 5.41) is 6.87. The third-order valence-electron chi connectivity index (χ3n) is 4.03. The molecule has 0 fully saturated rings. The smallest absolute Gasteiger partial charge is 0.237 e. The number of aromatic nitrogens is 1. The second-order valence-corrected chi connectivity index (χ2v) is 7.07. The van der Waals surface area contributed by atoms with Gasteiger partial charge in [0.25, 0.3) is 0 Å². The second-order valence-electron chi connectivity index (χ2n) is 7.07. The molecule has 0 aliphatic carbocycles. The minimum Gasteiger partial charge on any atom is -0.359 e. The number of anilines is 1. The first kappa shape index (κ1) is 17.0. The molecule has 1 heterocycles. The maximum atomic E-state index is 13.0. The van der Waals surface area contributed by atoms with Crippen LogP contribution in [0.2, 0.25) is 0 Å². The van der Waals surface area contributed by atoms with Crippen LogP contribution in [0.1, 0.15) is 43.6 Å². The minimum absolute atomic E-state index is 0.133. The quantitative estimate of drug-likeness (QED) is 0.749. The molecule has 128 valence electrons. The molecule has 0 saturated heterocycles. The van der Waals surface area contributed by atoms with E-state index in [1.807, 2.05) is 81.4 Å². The predicted molar refractivity (Wildman–Crippen MR) is 98.6 cm³/mol. The van der Waals surface area contributed by atoms with Gasteiger partial charge in [-0.15, -0.1) is 0 Å². The summed E-state index contributed by atoms with van der Waals surface area (Å²) in [6, 6.07) is 21.2. The van der Waals surface area contributed by atoms with Crippen molar-refractivity contribution in [2.24, 2.45) is 0 Å². The van der Waals surface area contributed by atoms with Gasteiger partial charge in [-0.3, -0.25) is 4.79 Å². The standard InChI is InChI=1S/C21H22N2O2/c1-21(2,3)17-14-18(23-25-17)22-20(24)19(15-10-6-4-7-11-15)16-12-8-5-9-13-16/h4-14,19H,1-3H3,(H,22,23,24). The van der Waals surface area contributed by atoms with Gasteiger partial charge in [0.2, 0.25) is 5.91 Å². The topological polar surface area (TPSA) is 55.1 Å². The van der Waals surface area contributed by atoms with Gasteiger partial charge in [-0.2, -0.15) is 0 Å². The van der Waals surface area contributed by atoms with Crippen LogP contribution < -0.4 is 5.32 Å². The molecule has 2 aromatic carbocycles. The van der Waals surface area contributed by atoms with Crippen molar-refractivity contribution in [3.05, 3.63) is 83.6 Å². The Morgan fingerprint density at radius 1 is 0.960 bits per heavy atom. The van der Waals surface area contributed by atoms with Crippen LogP contribution in [0.25, 0.3) is 0 Å². The zero-order chi connectivity index (χ0) is 17.9. The Balaban J connectivity index is 1.89. The number of benzene rings is 2. The first-order chi connectivity index (χ1) is 11.9. The molecule has 1 aromatic heterocycles. The normalized spacial score (nSPS) is 11.5. The molecule has 0 aliphatic rings. The Bertz CT molecular complexity index is 794. The maximum absolute atomic E-state index is 13.0. The van der Waals surface area contributed by atoms with E-state index < -0.39 is 5.92 Å². The zero-order valence-corrected chi connectivity index (χ0v) is 14.7. The number of nitrogens with one attached hydrogen (secondary N) is 1. The van der Waals surface area contributed by atoms with Crippen molar-refractivity contribution < 1.29 is 9.32 Å². The lowest BCUT2D eigenvalue weighted by Gasteiger charge is -2.17. The predicted octanol–water partition coefficient (Wildman–Crippen LogP) is 4.74. The van der Waals surface area contributed by atoms with Crippen LogP contribution in [0.3, 0.4) is 0 Å². The van der Waals surface area contributed by atoms with E-state index in [9.17, 15) is 4.79 Å². The van der Waals surface area contributed by atoms with Crippen LogP contribution >= 0.6 is 0 Å². The lowest BCUT2D eigenvalue weighted by atomic mass is 9.90. The highest BCUT2D eigenvalue weighted by atomic mass is 16.5. The highest BCUT2D eigenvalue weighted by Crippen LogP contribution is 2.28. The zero-order valence-electron chi connectivity index (χ0n) is 14.7. The maximum Gasteiger partial charge on any atom is 0.237 e. The molecule has 0 radical (unpaired) electrons. The van der Waals surface area contributed by atoms with Crippen LogP contribution in [0.15, 0.2) is 71.3 Å². The molecular formula is C21H22N2O2. The molecule has 4 heteroatoms. The number of rotatable bonds is 4. The largest absolute Gasteiger partial charge is 0.359 e. The molecule has 1 N–H and O–H groups in total. The Hall–Kier alpha value is -2.88. The van der Waals surface area contributed by atoms with Gasteiger partial charge in [0, 0.05) is 11.5 Å². The summed E-state index contributed by atoms with van der Waals surface area (Å²) in [6.45, 7) is 6.11. The Morgan fingerprint density at radius 2 is 1.48 bits per heavy atom. The number of carbonyl (C=O) groups excluding carboxylic acids is 1. The van der Waals surface area contributed by atoms with Crippen LogP contribution in [0.5, 0.6) is 0 Å². The third kappa shape index (κ3) is 3.97. The molecule has 0 spiro atoms. The van der Waals surface area contributed by atoms with Gasteiger partial charge in [-0.05, 0) is 11.1 Å². The van der Waals surface area contributed by atoms with Crippen molar-refractivity contribution in [2.75, 3.05) is 5.32 Å². The van der Waals surface area contributed by atoms with Crippen molar-refractivity contribution in [1.29, 1.82) is 0 Å². The van der Waals surface area contributed by atoms with Crippen LogP contribution in [-0.2, 0) is 10.2 Å². The van der Waals surface area contributed by atoms with Crippen molar-refractivity contribution in [3.63, 3.8) is 0 Å². The van der Waals surface area contributed by atoms with E-state index in [-0.39, 0.29) is 11.3 Å². The lowest BCUT2D eigenvalue weighted by molar-refractivity contribution is -0.116. The summed E-state index contributed by atoms with van der Waals surface area (Å²) in [6.07, 6.45) is 0. The molecule has 1 amide bonds. The molecule has 3 aromatic rings. The second kappa shape index (κ2) is 6.93. The van der Waals surface area contributed by atoms with Gasteiger partial charge in [0.1, 0.15) is 5.76 Å². The number of hydrogen-bond donors (Lipinski definition) is 1. The molecule has 0 aliphatic heterocycles. The average Bonchev–Trinajstić information content (AvgIpc) is 3.06. The van der Waals surface area contributed by atoms with E-state index in [0.29, 0.717) is 5.82 Å². The number of nitrogens with zero attached hydrogens (tertiary/aromatic N) is 1. The summed E-state index contributed by atoms with van der Waals surface area (Å²) in [5.41, 5.74) is 1.71. The SMILES string of the molecule is CC(C)(C)c1cc(NC(=O)C(c2ccccc2)c2ccccc2)no1. The van der Waals surface area contributed by atoms with Gasteiger partial charge in [0.05, 0.1) is 5.92 Å². The van der Waals surface area contributed by atoms with Crippen LogP contribution in [0.4, 0.5) is 5.82 Å². The van der Waals surface area contributed by atoms with Gasteiger partial charge in [-0.25, -0.2) is 0 Å².